The van der Waals surface area contributed by atoms with Crippen LogP contribution in [0.3, 0.4) is 0 Å². The van der Waals surface area contributed by atoms with Gasteiger partial charge in [0.15, 0.2) is 0 Å². The second-order valence-corrected chi connectivity index (χ2v) is 6.08. The summed E-state index contributed by atoms with van der Waals surface area (Å²) in [4.78, 5) is 12.2. The van der Waals surface area contributed by atoms with Crippen LogP contribution in [0.2, 0.25) is 0 Å². The van der Waals surface area contributed by atoms with E-state index in [0.29, 0.717) is 11.6 Å². The Balaban J connectivity index is 1.83. The van der Waals surface area contributed by atoms with Gasteiger partial charge in [0, 0.05) is 17.8 Å². The summed E-state index contributed by atoms with van der Waals surface area (Å²) >= 11 is 0. The largest absolute Gasteiger partial charge is 0.399 e. The summed E-state index contributed by atoms with van der Waals surface area (Å²) < 4.78 is 0. The highest BCUT2D eigenvalue weighted by Gasteiger charge is 2.20. The molecule has 0 aromatic heterocycles. The molecule has 1 amide bonds. The van der Waals surface area contributed by atoms with Gasteiger partial charge < -0.3 is 11.1 Å². The van der Waals surface area contributed by atoms with Crippen LogP contribution in [0.5, 0.6) is 0 Å². The number of nitrogen functional groups attached to an aromatic ring is 1. The van der Waals surface area contributed by atoms with Crippen molar-refractivity contribution in [2.45, 2.75) is 46.0 Å². The van der Waals surface area contributed by atoms with Gasteiger partial charge in [-0.05, 0) is 55.4 Å². The van der Waals surface area contributed by atoms with E-state index in [2.05, 4.69) is 12.2 Å². The maximum absolute atomic E-state index is 12.2. The molecule has 0 spiro atoms. The fourth-order valence-electron chi connectivity index (χ4n) is 3.12. The van der Waals surface area contributed by atoms with Crippen LogP contribution in [-0.2, 0) is 0 Å². The highest BCUT2D eigenvalue weighted by molar-refractivity contribution is 5.96. The third-order valence-corrected chi connectivity index (χ3v) is 4.59. The third kappa shape index (κ3) is 3.75. The number of hydrogen-bond donors (Lipinski definition) is 2. The van der Waals surface area contributed by atoms with E-state index in [1.807, 2.05) is 19.1 Å². The topological polar surface area (TPSA) is 55.1 Å². The van der Waals surface area contributed by atoms with Crippen molar-refractivity contribution in [3.63, 3.8) is 0 Å². The zero-order valence-electron chi connectivity index (χ0n) is 12.6. The number of anilines is 1. The summed E-state index contributed by atoms with van der Waals surface area (Å²) in [6, 6.07) is 5.45. The van der Waals surface area contributed by atoms with Crippen molar-refractivity contribution in [3.05, 3.63) is 29.3 Å². The molecule has 1 aliphatic rings. The van der Waals surface area contributed by atoms with E-state index < -0.39 is 0 Å². The van der Waals surface area contributed by atoms with E-state index in [4.69, 9.17) is 5.73 Å². The maximum Gasteiger partial charge on any atom is 0.251 e. The molecule has 0 bridgehead atoms. The fraction of sp³-hybridized carbons (Fsp3) is 0.588. The summed E-state index contributed by atoms with van der Waals surface area (Å²) in [6.07, 6.45) is 6.43. The highest BCUT2D eigenvalue weighted by Crippen LogP contribution is 2.30. The second-order valence-electron chi connectivity index (χ2n) is 6.08. The number of hydrogen-bond acceptors (Lipinski definition) is 2. The lowest BCUT2D eigenvalue weighted by Crippen LogP contribution is -2.31. The number of carbonyl (C=O) groups excluding carboxylic acids is 1. The second kappa shape index (κ2) is 6.78. The summed E-state index contributed by atoms with van der Waals surface area (Å²) in [5.41, 5.74) is 8.10. The van der Waals surface area contributed by atoms with Crippen molar-refractivity contribution >= 4 is 11.6 Å². The van der Waals surface area contributed by atoms with Crippen LogP contribution in [0.4, 0.5) is 5.69 Å². The minimum atomic E-state index is 0.0279. The monoisotopic (exact) mass is 274 g/mol. The first kappa shape index (κ1) is 14.9. The molecule has 110 valence electrons. The predicted molar refractivity (Wildman–Crippen MR) is 83.7 cm³/mol. The zero-order chi connectivity index (χ0) is 14.5. The Labute approximate surface area is 121 Å². The van der Waals surface area contributed by atoms with Crippen LogP contribution in [0.15, 0.2) is 18.2 Å². The quantitative estimate of drug-likeness (QED) is 0.825. The lowest BCUT2D eigenvalue weighted by Gasteiger charge is -2.27. The smallest absolute Gasteiger partial charge is 0.251 e. The minimum absolute atomic E-state index is 0.0279. The van der Waals surface area contributed by atoms with Crippen molar-refractivity contribution in [1.29, 1.82) is 0 Å². The molecule has 3 nitrogen and oxygen atoms in total. The molecule has 1 aliphatic carbocycles. The Morgan fingerprint density at radius 2 is 1.90 bits per heavy atom. The molecule has 0 heterocycles. The zero-order valence-corrected chi connectivity index (χ0v) is 12.6. The Kier molecular flexibility index (Phi) is 5.05. The number of aryl methyl sites for hydroxylation is 1. The average Bonchev–Trinajstić information content (AvgIpc) is 2.45. The molecule has 20 heavy (non-hydrogen) atoms. The normalized spacial score (nSPS) is 22.5. The molecule has 0 radical (unpaired) electrons. The summed E-state index contributed by atoms with van der Waals surface area (Å²) in [5, 5.41) is 3.08. The van der Waals surface area contributed by atoms with Crippen LogP contribution < -0.4 is 11.1 Å². The molecular weight excluding hydrogens is 248 g/mol. The number of carbonyl (C=O) groups is 1. The minimum Gasteiger partial charge on any atom is -0.399 e. The van der Waals surface area contributed by atoms with Gasteiger partial charge in [0.25, 0.3) is 5.91 Å². The molecule has 3 heteroatoms. The molecular formula is C17H26N2O. The standard InChI is InChI=1S/C17H26N2O/c1-3-13-4-6-14(7-5-13)11-19-17(20)16-9-8-15(18)10-12(16)2/h8-10,13-14H,3-7,11,18H2,1-2H3,(H,19,20). The Bertz CT molecular complexity index is 462. The molecule has 1 aromatic carbocycles. The summed E-state index contributed by atoms with van der Waals surface area (Å²) in [7, 11) is 0. The maximum atomic E-state index is 12.2. The van der Waals surface area contributed by atoms with Crippen LogP contribution in [0.1, 0.15) is 54.9 Å². The lowest BCUT2D eigenvalue weighted by molar-refractivity contribution is 0.0940. The van der Waals surface area contributed by atoms with Crippen molar-refractivity contribution < 1.29 is 4.79 Å². The number of nitrogens with two attached hydrogens (primary N) is 1. The average molecular weight is 274 g/mol. The SMILES string of the molecule is CCC1CCC(CNC(=O)c2ccc(N)cc2C)CC1. The predicted octanol–water partition coefficient (Wildman–Crippen LogP) is 3.52. The van der Waals surface area contributed by atoms with Crippen molar-refractivity contribution in [1.82, 2.24) is 5.32 Å². The first-order valence-electron chi connectivity index (χ1n) is 7.74. The number of rotatable bonds is 4. The van der Waals surface area contributed by atoms with Gasteiger partial charge in [0.05, 0.1) is 0 Å². The molecule has 1 saturated carbocycles. The Hall–Kier alpha value is -1.51. The van der Waals surface area contributed by atoms with Crippen molar-refractivity contribution in [2.75, 3.05) is 12.3 Å². The van der Waals surface area contributed by atoms with E-state index in [1.54, 1.807) is 6.07 Å². The molecule has 0 aliphatic heterocycles. The molecule has 0 atom stereocenters. The van der Waals surface area contributed by atoms with E-state index in [9.17, 15) is 4.79 Å². The van der Waals surface area contributed by atoms with Gasteiger partial charge in [-0.3, -0.25) is 4.79 Å². The van der Waals surface area contributed by atoms with Gasteiger partial charge in [0.2, 0.25) is 0 Å². The van der Waals surface area contributed by atoms with Gasteiger partial charge >= 0.3 is 0 Å². The van der Waals surface area contributed by atoms with Crippen LogP contribution in [0, 0.1) is 18.8 Å². The molecule has 1 aromatic rings. The lowest BCUT2D eigenvalue weighted by atomic mass is 9.81. The number of benzene rings is 1. The molecule has 1 fully saturated rings. The first-order chi connectivity index (χ1) is 9.60. The molecule has 2 rings (SSSR count). The van der Waals surface area contributed by atoms with E-state index in [-0.39, 0.29) is 5.91 Å². The van der Waals surface area contributed by atoms with Gasteiger partial charge in [-0.2, -0.15) is 0 Å². The van der Waals surface area contributed by atoms with Crippen LogP contribution >= 0.6 is 0 Å². The fourth-order valence-corrected chi connectivity index (χ4v) is 3.12. The van der Waals surface area contributed by atoms with Gasteiger partial charge in [0.1, 0.15) is 0 Å². The number of nitrogens with one attached hydrogen (secondary N) is 1. The Morgan fingerprint density at radius 3 is 2.50 bits per heavy atom. The van der Waals surface area contributed by atoms with Gasteiger partial charge in [-0.1, -0.05) is 26.2 Å². The first-order valence-corrected chi connectivity index (χ1v) is 7.74. The van der Waals surface area contributed by atoms with E-state index in [1.165, 1.54) is 32.1 Å². The third-order valence-electron chi connectivity index (χ3n) is 4.59. The molecule has 3 N–H and O–H groups in total. The van der Waals surface area contributed by atoms with Crippen molar-refractivity contribution in [3.8, 4) is 0 Å². The van der Waals surface area contributed by atoms with Crippen LogP contribution in [0.25, 0.3) is 0 Å². The highest BCUT2D eigenvalue weighted by atomic mass is 16.1. The Morgan fingerprint density at radius 1 is 1.25 bits per heavy atom. The molecule has 0 saturated heterocycles. The van der Waals surface area contributed by atoms with Crippen LogP contribution in [-0.4, -0.2) is 12.5 Å². The van der Waals surface area contributed by atoms with Gasteiger partial charge in [-0.15, -0.1) is 0 Å². The summed E-state index contributed by atoms with van der Waals surface area (Å²) in [5.74, 6) is 1.58. The van der Waals surface area contributed by atoms with E-state index >= 15 is 0 Å². The van der Waals surface area contributed by atoms with Gasteiger partial charge in [-0.25, -0.2) is 0 Å². The summed E-state index contributed by atoms with van der Waals surface area (Å²) in [6.45, 7) is 5.01. The number of amides is 1. The van der Waals surface area contributed by atoms with E-state index in [0.717, 1.165) is 23.6 Å². The molecule has 0 unspecified atom stereocenters. The van der Waals surface area contributed by atoms with Crippen molar-refractivity contribution in [2.24, 2.45) is 11.8 Å².